The lowest BCUT2D eigenvalue weighted by Crippen LogP contribution is -2.35. The molecule has 3 heteroatoms. The molecule has 3 rings (SSSR count). The van der Waals surface area contributed by atoms with Gasteiger partial charge in [0.1, 0.15) is 5.60 Å². The molecule has 0 spiro atoms. The van der Waals surface area contributed by atoms with Crippen molar-refractivity contribution in [2.24, 2.45) is 29.6 Å². The Bertz CT molecular complexity index is 561. The highest BCUT2D eigenvalue weighted by Gasteiger charge is 2.52. The van der Waals surface area contributed by atoms with E-state index < -0.39 is 5.60 Å². The molecular weight excluding hydrogens is 340 g/mol. The summed E-state index contributed by atoms with van der Waals surface area (Å²) in [6, 6.07) is 8.02. The minimum absolute atomic E-state index is 0.000770. The number of carbonyl (C=O) groups is 1. The third-order valence-corrected chi connectivity index (χ3v) is 6.62. The van der Waals surface area contributed by atoms with Gasteiger partial charge in [0, 0.05) is 4.47 Å². The summed E-state index contributed by atoms with van der Waals surface area (Å²) >= 11 is 3.44. The topological polar surface area (TPSA) is 26.3 Å². The number of carbonyl (C=O) groups excluding carboxylic acids is 1. The van der Waals surface area contributed by atoms with Crippen molar-refractivity contribution in [1.82, 2.24) is 0 Å². The molecule has 2 bridgehead atoms. The maximum absolute atomic E-state index is 12.7. The van der Waals surface area contributed by atoms with Gasteiger partial charge in [-0.2, -0.15) is 0 Å². The van der Waals surface area contributed by atoms with Gasteiger partial charge >= 0.3 is 5.97 Å². The minimum atomic E-state index is -0.575. The molecule has 1 aromatic carbocycles. The summed E-state index contributed by atoms with van der Waals surface area (Å²) in [5, 5.41) is 0. The number of benzene rings is 1. The van der Waals surface area contributed by atoms with Crippen molar-refractivity contribution in [1.29, 1.82) is 0 Å². The van der Waals surface area contributed by atoms with Crippen molar-refractivity contribution >= 4 is 21.9 Å². The second-order valence-electron chi connectivity index (χ2n) is 7.66. The molecule has 0 saturated heterocycles. The Hall–Kier alpha value is -0.830. The second-order valence-corrected chi connectivity index (χ2v) is 8.57. The molecule has 0 radical (unpaired) electrons. The molecule has 0 N–H and O–H groups in total. The Labute approximate surface area is 141 Å². The van der Waals surface area contributed by atoms with Gasteiger partial charge in [-0.3, -0.25) is 4.79 Å². The van der Waals surface area contributed by atoms with E-state index in [4.69, 9.17) is 4.74 Å². The van der Waals surface area contributed by atoms with Crippen LogP contribution >= 0.6 is 15.9 Å². The smallest absolute Gasteiger partial charge is 0.310 e. The van der Waals surface area contributed by atoms with Crippen LogP contribution in [0, 0.1) is 29.6 Å². The molecular formula is C19H25BrO2. The number of esters is 1. The summed E-state index contributed by atoms with van der Waals surface area (Å²) in [5.74, 6) is 2.74. The number of rotatable bonds is 3. The zero-order valence-corrected chi connectivity index (χ0v) is 15.4. The predicted molar refractivity (Wildman–Crippen MR) is 91.3 cm³/mol. The molecule has 2 aliphatic rings. The van der Waals surface area contributed by atoms with E-state index in [1.165, 1.54) is 6.42 Å². The average Bonchev–Trinajstić information content (AvgIpc) is 3.00. The van der Waals surface area contributed by atoms with Crippen LogP contribution in [0.3, 0.4) is 0 Å². The van der Waals surface area contributed by atoms with E-state index in [9.17, 15) is 4.79 Å². The Morgan fingerprint density at radius 3 is 2.32 bits per heavy atom. The van der Waals surface area contributed by atoms with Crippen LogP contribution in [0.25, 0.3) is 0 Å². The van der Waals surface area contributed by atoms with Gasteiger partial charge in [-0.05, 0) is 68.1 Å². The van der Waals surface area contributed by atoms with Gasteiger partial charge in [-0.25, -0.2) is 0 Å². The molecule has 22 heavy (non-hydrogen) atoms. The Kier molecular flexibility index (Phi) is 4.13. The zero-order chi connectivity index (χ0) is 16.1. The molecule has 0 aromatic heterocycles. The Morgan fingerprint density at radius 1 is 1.14 bits per heavy atom. The fourth-order valence-electron chi connectivity index (χ4n) is 4.45. The van der Waals surface area contributed by atoms with Crippen molar-refractivity contribution < 1.29 is 9.53 Å². The van der Waals surface area contributed by atoms with Crippen molar-refractivity contribution in [3.63, 3.8) is 0 Å². The molecule has 2 saturated carbocycles. The van der Waals surface area contributed by atoms with Crippen LogP contribution in [0.5, 0.6) is 0 Å². The molecule has 0 heterocycles. The fourth-order valence-corrected chi connectivity index (χ4v) is 4.71. The fraction of sp³-hybridized carbons (Fsp3) is 0.632. The van der Waals surface area contributed by atoms with Crippen molar-refractivity contribution in [2.75, 3.05) is 0 Å². The summed E-state index contributed by atoms with van der Waals surface area (Å²) in [6.45, 7) is 8.60. The lowest BCUT2D eigenvalue weighted by atomic mass is 9.76. The number of halogens is 1. The largest absolute Gasteiger partial charge is 0.455 e. The molecule has 1 aromatic rings. The van der Waals surface area contributed by atoms with E-state index in [1.807, 2.05) is 38.1 Å². The Balaban J connectivity index is 1.70. The van der Waals surface area contributed by atoms with Gasteiger partial charge in [0.2, 0.25) is 0 Å². The number of hydrogen-bond donors (Lipinski definition) is 0. The summed E-state index contributed by atoms with van der Waals surface area (Å²) < 4.78 is 6.97. The normalized spacial score (nSPS) is 34.0. The first kappa shape index (κ1) is 16.0. The SMILES string of the molecule is CC1C2CC(C(=O)OC(C)(C)c3ccc(Br)cc3)C(C2)C1C. The molecule has 0 amide bonds. The van der Waals surface area contributed by atoms with Crippen LogP contribution in [0.2, 0.25) is 0 Å². The lowest BCUT2D eigenvalue weighted by molar-refractivity contribution is -0.165. The molecule has 2 aliphatic carbocycles. The van der Waals surface area contributed by atoms with E-state index >= 15 is 0 Å². The van der Waals surface area contributed by atoms with Gasteiger partial charge < -0.3 is 4.74 Å². The third kappa shape index (κ3) is 2.73. The highest BCUT2D eigenvalue weighted by Crippen LogP contribution is 2.55. The van der Waals surface area contributed by atoms with E-state index in [-0.39, 0.29) is 11.9 Å². The van der Waals surface area contributed by atoms with Gasteiger partial charge in [-0.1, -0.05) is 41.9 Å². The predicted octanol–water partition coefficient (Wildman–Crippen LogP) is 5.16. The van der Waals surface area contributed by atoms with Crippen LogP contribution in [0.15, 0.2) is 28.7 Å². The van der Waals surface area contributed by atoms with Crippen molar-refractivity contribution in [3.8, 4) is 0 Å². The third-order valence-electron chi connectivity index (χ3n) is 6.09. The molecule has 2 fully saturated rings. The van der Waals surface area contributed by atoms with Crippen LogP contribution in [0.1, 0.15) is 46.1 Å². The monoisotopic (exact) mass is 364 g/mol. The maximum Gasteiger partial charge on any atom is 0.310 e. The average molecular weight is 365 g/mol. The number of fused-ring (bicyclic) bond motifs is 2. The van der Waals surface area contributed by atoms with Gasteiger partial charge in [0.05, 0.1) is 5.92 Å². The van der Waals surface area contributed by atoms with E-state index in [2.05, 4.69) is 29.8 Å². The highest BCUT2D eigenvalue weighted by atomic mass is 79.9. The van der Waals surface area contributed by atoms with Crippen LogP contribution < -0.4 is 0 Å². The minimum Gasteiger partial charge on any atom is -0.455 e. The van der Waals surface area contributed by atoms with E-state index in [0.717, 1.165) is 22.4 Å². The number of hydrogen-bond acceptors (Lipinski definition) is 2. The summed E-state index contributed by atoms with van der Waals surface area (Å²) in [7, 11) is 0. The zero-order valence-electron chi connectivity index (χ0n) is 13.8. The number of ether oxygens (including phenoxy) is 1. The molecule has 120 valence electrons. The van der Waals surface area contributed by atoms with Gasteiger partial charge in [0.25, 0.3) is 0 Å². The first-order valence-corrected chi connectivity index (χ1v) is 9.08. The first-order valence-electron chi connectivity index (χ1n) is 8.28. The highest BCUT2D eigenvalue weighted by molar-refractivity contribution is 9.10. The summed E-state index contributed by atoms with van der Waals surface area (Å²) in [6.07, 6.45) is 2.23. The van der Waals surface area contributed by atoms with Crippen molar-refractivity contribution in [3.05, 3.63) is 34.3 Å². The van der Waals surface area contributed by atoms with Gasteiger partial charge in [-0.15, -0.1) is 0 Å². The standard InChI is InChI=1S/C19H25BrO2/c1-11-12(2)16-9-13(11)10-17(16)18(21)22-19(3,4)14-5-7-15(20)8-6-14/h5-8,11-13,16-17H,9-10H2,1-4H3. The molecule has 2 nitrogen and oxygen atoms in total. The Morgan fingerprint density at radius 2 is 1.77 bits per heavy atom. The van der Waals surface area contributed by atoms with Crippen molar-refractivity contribution in [2.45, 2.75) is 46.1 Å². The molecule has 5 atom stereocenters. The van der Waals surface area contributed by atoms with Crippen LogP contribution in [-0.4, -0.2) is 5.97 Å². The van der Waals surface area contributed by atoms with E-state index in [0.29, 0.717) is 17.8 Å². The molecule has 0 aliphatic heterocycles. The first-order chi connectivity index (χ1) is 10.3. The summed E-state index contributed by atoms with van der Waals surface area (Å²) in [5.41, 5.74) is 0.461. The van der Waals surface area contributed by atoms with Gasteiger partial charge in [0.15, 0.2) is 0 Å². The van der Waals surface area contributed by atoms with E-state index in [1.54, 1.807) is 0 Å². The second kappa shape index (κ2) is 5.67. The quantitative estimate of drug-likeness (QED) is 0.692. The van der Waals surface area contributed by atoms with Crippen LogP contribution in [0.4, 0.5) is 0 Å². The summed E-state index contributed by atoms with van der Waals surface area (Å²) in [4.78, 5) is 12.7. The molecule has 5 unspecified atom stereocenters. The van der Waals surface area contributed by atoms with Crippen LogP contribution in [-0.2, 0) is 15.1 Å². The maximum atomic E-state index is 12.7. The lowest BCUT2D eigenvalue weighted by Gasteiger charge is -2.33.